The van der Waals surface area contributed by atoms with Gasteiger partial charge in [0.2, 0.25) is 5.95 Å². The number of hydrogen-bond donors (Lipinski definition) is 2. The highest BCUT2D eigenvalue weighted by atomic mass is 16.4. The predicted octanol–water partition coefficient (Wildman–Crippen LogP) is 1.60. The maximum absolute atomic E-state index is 14.0. The van der Waals surface area contributed by atoms with Gasteiger partial charge in [-0.15, -0.1) is 5.92 Å². The summed E-state index contributed by atoms with van der Waals surface area (Å²) in [7, 11) is 0. The van der Waals surface area contributed by atoms with E-state index >= 15 is 0 Å². The van der Waals surface area contributed by atoms with E-state index in [1.807, 2.05) is 47.4 Å². The van der Waals surface area contributed by atoms with E-state index in [1.54, 1.807) is 11.5 Å². The first kappa shape index (κ1) is 24.3. The molecule has 10 heteroatoms. The Kier molecular flexibility index (Phi) is 6.54. The number of nitrogens with zero attached hydrogens (tertiary/aromatic N) is 5. The zero-order valence-corrected chi connectivity index (χ0v) is 20.6. The van der Waals surface area contributed by atoms with Crippen LogP contribution >= 0.6 is 0 Å². The first-order valence-corrected chi connectivity index (χ1v) is 12.2. The third-order valence-electron chi connectivity index (χ3n) is 6.75. The average molecular weight is 501 g/mol. The van der Waals surface area contributed by atoms with Gasteiger partial charge in [0.05, 0.1) is 13.1 Å². The van der Waals surface area contributed by atoms with Crippen molar-refractivity contribution < 1.29 is 9.90 Å². The molecule has 0 radical (unpaired) electrons. The van der Waals surface area contributed by atoms with E-state index in [0.29, 0.717) is 19.0 Å². The van der Waals surface area contributed by atoms with Gasteiger partial charge in [0.1, 0.15) is 12.1 Å². The van der Waals surface area contributed by atoms with Gasteiger partial charge in [0, 0.05) is 19.1 Å². The first-order valence-electron chi connectivity index (χ1n) is 12.2. The molecule has 3 N–H and O–H groups in total. The van der Waals surface area contributed by atoms with Crippen LogP contribution in [-0.2, 0) is 24.4 Å². The lowest BCUT2D eigenvalue weighted by atomic mass is 10.0. The highest BCUT2D eigenvalue weighted by Crippen LogP contribution is 2.23. The number of imidazole rings is 1. The van der Waals surface area contributed by atoms with Crippen molar-refractivity contribution in [3.8, 4) is 11.8 Å². The molecule has 0 amide bonds. The molecule has 2 aromatic heterocycles. The summed E-state index contributed by atoms with van der Waals surface area (Å²) in [6.07, 6.45) is 1.74. The average Bonchev–Trinajstić information content (AvgIpc) is 3.28. The molecule has 3 heterocycles. The van der Waals surface area contributed by atoms with Crippen LogP contribution in [0.1, 0.15) is 25.3 Å². The minimum absolute atomic E-state index is 0.0210. The van der Waals surface area contributed by atoms with Gasteiger partial charge in [-0.2, -0.15) is 0 Å². The van der Waals surface area contributed by atoms with E-state index in [2.05, 4.69) is 16.8 Å². The summed E-state index contributed by atoms with van der Waals surface area (Å²) in [5.41, 5.74) is 5.91. The maximum Gasteiger partial charge on any atom is 0.325 e. The first-order chi connectivity index (χ1) is 17.9. The van der Waals surface area contributed by atoms with Gasteiger partial charge in [0.15, 0.2) is 5.52 Å². The third kappa shape index (κ3) is 4.49. The van der Waals surface area contributed by atoms with Crippen LogP contribution in [0.4, 0.5) is 5.95 Å². The summed E-state index contributed by atoms with van der Waals surface area (Å²) >= 11 is 0. The zero-order chi connectivity index (χ0) is 26.1. The van der Waals surface area contributed by atoms with E-state index in [9.17, 15) is 19.5 Å². The van der Waals surface area contributed by atoms with Crippen LogP contribution in [0.3, 0.4) is 0 Å². The van der Waals surface area contributed by atoms with Crippen LogP contribution in [-0.4, -0.2) is 49.1 Å². The van der Waals surface area contributed by atoms with Crippen LogP contribution in [0.25, 0.3) is 21.8 Å². The number of nitrogens with two attached hydrogens (primary N) is 1. The molecule has 1 aliphatic heterocycles. The second-order valence-electron chi connectivity index (χ2n) is 9.23. The number of benzene rings is 2. The number of carboxylic acid groups (broad SMARTS) is 1. The Hall–Kier alpha value is -4.36. The molecule has 0 spiro atoms. The third-order valence-corrected chi connectivity index (χ3v) is 6.75. The number of aliphatic carboxylic acids is 1. The van der Waals surface area contributed by atoms with Crippen molar-refractivity contribution in [3.63, 3.8) is 0 Å². The van der Waals surface area contributed by atoms with Crippen molar-refractivity contribution in [1.29, 1.82) is 0 Å². The minimum atomic E-state index is -1.23. The molecule has 0 unspecified atom stereocenters. The molecular formula is C27H28N6O4. The second kappa shape index (κ2) is 9.95. The van der Waals surface area contributed by atoms with Gasteiger partial charge in [-0.25, -0.2) is 14.3 Å². The Morgan fingerprint density at radius 1 is 1.14 bits per heavy atom. The maximum atomic E-state index is 14.0. The van der Waals surface area contributed by atoms with Crippen LogP contribution in [0.15, 0.2) is 52.1 Å². The fourth-order valence-electron chi connectivity index (χ4n) is 5.05. The van der Waals surface area contributed by atoms with E-state index in [1.165, 1.54) is 4.68 Å². The van der Waals surface area contributed by atoms with E-state index in [-0.39, 0.29) is 30.2 Å². The lowest BCUT2D eigenvalue weighted by Crippen LogP contribution is -2.44. The van der Waals surface area contributed by atoms with E-state index < -0.39 is 23.6 Å². The molecular weight excluding hydrogens is 472 g/mol. The molecule has 0 aliphatic carbocycles. The van der Waals surface area contributed by atoms with Crippen LogP contribution in [0, 0.1) is 11.8 Å². The summed E-state index contributed by atoms with van der Waals surface area (Å²) in [5.74, 6) is 5.05. The van der Waals surface area contributed by atoms with Gasteiger partial charge in [-0.1, -0.05) is 48.4 Å². The number of carboxylic acids is 1. The SMILES string of the molecule is CC#CCn1c(N2CCC[C@@H](N)C2)nc2c(=O)n(CC(=O)O)n(Cc3cccc4ccccc34)c(=O)c21. The predicted molar refractivity (Wildman–Crippen MR) is 142 cm³/mol. The quantitative estimate of drug-likeness (QED) is 0.385. The largest absolute Gasteiger partial charge is 0.480 e. The summed E-state index contributed by atoms with van der Waals surface area (Å²) in [6.45, 7) is 2.45. The standard InChI is InChI=1S/C27H28N6O4/c1-2-3-14-31-24-23(29-27(31)30-13-7-11-20(28)16-30)25(36)33(17-22(34)35)32(26(24)37)15-19-10-6-9-18-8-4-5-12-21(18)19/h4-6,8-10,12,20H,7,11,13-17,28H2,1H3,(H,34,35)/t20-/m1/s1. The van der Waals surface area contributed by atoms with Gasteiger partial charge in [-0.05, 0) is 36.1 Å². The normalized spacial score (nSPS) is 15.6. The van der Waals surface area contributed by atoms with Gasteiger partial charge >= 0.3 is 5.97 Å². The molecule has 1 fully saturated rings. The lowest BCUT2D eigenvalue weighted by Gasteiger charge is -2.31. The molecule has 4 aromatic rings. The number of aromatic nitrogens is 4. The Morgan fingerprint density at radius 3 is 2.68 bits per heavy atom. The van der Waals surface area contributed by atoms with E-state index in [4.69, 9.17) is 5.73 Å². The number of carbonyl (C=O) groups is 1. The van der Waals surface area contributed by atoms with Crippen molar-refractivity contribution in [1.82, 2.24) is 18.9 Å². The van der Waals surface area contributed by atoms with Crippen LogP contribution < -0.4 is 21.8 Å². The van der Waals surface area contributed by atoms with Crippen molar-refractivity contribution in [2.75, 3.05) is 18.0 Å². The topological polar surface area (TPSA) is 128 Å². The Balaban J connectivity index is 1.77. The summed E-state index contributed by atoms with van der Waals surface area (Å²) < 4.78 is 3.85. The van der Waals surface area contributed by atoms with Crippen molar-refractivity contribution in [3.05, 3.63) is 68.7 Å². The molecule has 1 saturated heterocycles. The molecule has 0 saturated carbocycles. The van der Waals surface area contributed by atoms with Crippen LogP contribution in [0.5, 0.6) is 0 Å². The molecule has 1 atom stereocenters. The lowest BCUT2D eigenvalue weighted by molar-refractivity contribution is -0.138. The molecule has 190 valence electrons. The van der Waals surface area contributed by atoms with Crippen molar-refractivity contribution >= 4 is 33.7 Å². The number of fused-ring (bicyclic) bond motifs is 2. The number of rotatable bonds is 6. The van der Waals surface area contributed by atoms with Gasteiger partial charge in [-0.3, -0.25) is 19.0 Å². The van der Waals surface area contributed by atoms with Crippen molar-refractivity contribution in [2.24, 2.45) is 5.73 Å². The van der Waals surface area contributed by atoms with E-state index in [0.717, 1.165) is 33.9 Å². The number of hydrogen-bond acceptors (Lipinski definition) is 6. The number of anilines is 1. The monoisotopic (exact) mass is 500 g/mol. The second-order valence-corrected chi connectivity index (χ2v) is 9.23. The van der Waals surface area contributed by atoms with Gasteiger partial charge < -0.3 is 15.7 Å². The number of piperidine rings is 1. The molecule has 5 rings (SSSR count). The summed E-state index contributed by atoms with van der Waals surface area (Å²) in [6, 6.07) is 13.4. The Bertz CT molecular complexity index is 1680. The fourth-order valence-corrected chi connectivity index (χ4v) is 5.05. The fraction of sp³-hybridized carbons (Fsp3) is 0.333. The molecule has 10 nitrogen and oxygen atoms in total. The minimum Gasteiger partial charge on any atom is -0.480 e. The molecule has 1 aliphatic rings. The van der Waals surface area contributed by atoms with Crippen molar-refractivity contribution in [2.45, 2.75) is 45.4 Å². The smallest absolute Gasteiger partial charge is 0.325 e. The summed E-state index contributed by atoms with van der Waals surface area (Å²) in [4.78, 5) is 46.0. The van der Waals surface area contributed by atoms with Gasteiger partial charge in [0.25, 0.3) is 11.1 Å². The molecule has 37 heavy (non-hydrogen) atoms. The molecule has 2 aromatic carbocycles. The highest BCUT2D eigenvalue weighted by Gasteiger charge is 2.27. The summed E-state index contributed by atoms with van der Waals surface area (Å²) in [5, 5.41) is 11.5. The highest BCUT2D eigenvalue weighted by molar-refractivity contribution is 5.85. The zero-order valence-electron chi connectivity index (χ0n) is 20.6. The Morgan fingerprint density at radius 2 is 1.92 bits per heavy atom. The van der Waals surface area contributed by atoms with Crippen LogP contribution in [0.2, 0.25) is 0 Å². The Labute approximate surface area is 212 Å². The molecule has 0 bridgehead atoms.